The number of carbonyl (C=O) groups is 1. The number of ether oxygens (including phenoxy) is 4. The maximum absolute atomic E-state index is 13.5. The summed E-state index contributed by atoms with van der Waals surface area (Å²) in [6.45, 7) is 0. The van der Waals surface area contributed by atoms with Crippen LogP contribution in [0.15, 0.2) is 78.9 Å². The molecule has 1 saturated heterocycles. The van der Waals surface area contributed by atoms with Crippen LogP contribution in [-0.4, -0.2) is 38.8 Å². The molecule has 0 bridgehead atoms. The highest BCUT2D eigenvalue weighted by Gasteiger charge is 2.40. The first kappa shape index (κ1) is 26.7. The van der Waals surface area contributed by atoms with Crippen molar-refractivity contribution >= 4 is 46.3 Å². The standard InChI is InChI=1S/C33H30O5S2/c1-35-23-13-9-21(10-14-23)33(22-11-15-24(36-2)16-12-22)18-17-27-28(31(34)37-3)29(32-39-19-6-20-40-32)25-7-4-5-8-26(25)30(27)38-33/h4-5,7-18,32H,6,19-20H2,1-3H3. The molecule has 2 aliphatic rings. The maximum Gasteiger partial charge on any atom is 0.338 e. The van der Waals surface area contributed by atoms with Crippen LogP contribution in [-0.2, 0) is 10.3 Å². The average Bonchev–Trinajstić information content (AvgIpc) is 3.04. The van der Waals surface area contributed by atoms with Gasteiger partial charge in [0.15, 0.2) is 5.60 Å². The van der Waals surface area contributed by atoms with Crippen LogP contribution in [0, 0.1) is 0 Å². The van der Waals surface area contributed by atoms with Crippen molar-refractivity contribution in [2.75, 3.05) is 32.8 Å². The summed E-state index contributed by atoms with van der Waals surface area (Å²) in [6.07, 6.45) is 5.25. The fourth-order valence-electron chi connectivity index (χ4n) is 5.49. The van der Waals surface area contributed by atoms with Crippen molar-refractivity contribution in [2.24, 2.45) is 0 Å². The molecule has 0 radical (unpaired) electrons. The zero-order chi connectivity index (χ0) is 27.7. The van der Waals surface area contributed by atoms with Crippen LogP contribution in [0.2, 0.25) is 0 Å². The van der Waals surface area contributed by atoms with Crippen molar-refractivity contribution in [1.82, 2.24) is 0 Å². The Hall–Kier alpha value is -3.55. The minimum absolute atomic E-state index is 0.140. The van der Waals surface area contributed by atoms with E-state index in [2.05, 4.69) is 12.1 Å². The lowest BCUT2D eigenvalue weighted by Crippen LogP contribution is -2.35. The lowest BCUT2D eigenvalue weighted by Gasteiger charge is -2.38. The zero-order valence-corrected chi connectivity index (χ0v) is 24.3. The average molecular weight is 571 g/mol. The Balaban J connectivity index is 1.62. The largest absolute Gasteiger partial charge is 0.497 e. The van der Waals surface area contributed by atoms with Crippen molar-refractivity contribution in [2.45, 2.75) is 16.6 Å². The van der Waals surface area contributed by atoms with Gasteiger partial charge in [0.05, 0.1) is 31.5 Å². The Morgan fingerprint density at radius 3 is 1.95 bits per heavy atom. The Morgan fingerprint density at radius 1 is 0.825 bits per heavy atom. The Bertz CT molecular complexity index is 1520. The van der Waals surface area contributed by atoms with Crippen molar-refractivity contribution < 1.29 is 23.7 Å². The lowest BCUT2D eigenvalue weighted by atomic mass is 9.82. The van der Waals surface area contributed by atoms with Crippen molar-refractivity contribution in [1.29, 1.82) is 0 Å². The normalized spacial score (nSPS) is 16.2. The van der Waals surface area contributed by atoms with Gasteiger partial charge < -0.3 is 18.9 Å². The monoisotopic (exact) mass is 570 g/mol. The SMILES string of the molecule is COC(=O)c1c2c(c3ccccc3c1C1SCCCS1)OC(c1ccc(OC)cc1)(c1ccc(OC)cc1)C=C2. The van der Waals surface area contributed by atoms with Crippen LogP contribution in [0.5, 0.6) is 17.2 Å². The van der Waals surface area contributed by atoms with E-state index in [4.69, 9.17) is 18.9 Å². The second-order valence-corrected chi connectivity index (χ2v) is 12.3. The van der Waals surface area contributed by atoms with Gasteiger partial charge >= 0.3 is 5.97 Å². The quantitative estimate of drug-likeness (QED) is 0.219. The van der Waals surface area contributed by atoms with E-state index >= 15 is 0 Å². The highest BCUT2D eigenvalue weighted by molar-refractivity contribution is 8.16. The Kier molecular flexibility index (Phi) is 7.43. The van der Waals surface area contributed by atoms with Gasteiger partial charge in [-0.25, -0.2) is 4.79 Å². The number of fused-ring (bicyclic) bond motifs is 3. The van der Waals surface area contributed by atoms with E-state index < -0.39 is 5.60 Å². The van der Waals surface area contributed by atoms with Crippen molar-refractivity contribution in [3.8, 4) is 17.2 Å². The van der Waals surface area contributed by atoms with E-state index in [1.165, 1.54) is 7.11 Å². The summed E-state index contributed by atoms with van der Waals surface area (Å²) in [5, 5.41) is 1.99. The fourth-order valence-corrected chi connectivity index (χ4v) is 8.51. The van der Waals surface area contributed by atoms with Gasteiger partial charge in [-0.1, -0.05) is 48.5 Å². The first-order valence-electron chi connectivity index (χ1n) is 13.2. The fraction of sp³-hybridized carbons (Fsp3) is 0.242. The van der Waals surface area contributed by atoms with Gasteiger partial charge in [-0.3, -0.25) is 0 Å². The van der Waals surface area contributed by atoms with Gasteiger partial charge in [0.1, 0.15) is 17.2 Å². The third-order valence-electron chi connectivity index (χ3n) is 7.48. The van der Waals surface area contributed by atoms with Crippen LogP contribution in [0.4, 0.5) is 0 Å². The predicted molar refractivity (Wildman–Crippen MR) is 164 cm³/mol. The molecule has 6 rings (SSSR count). The van der Waals surface area contributed by atoms with Crippen LogP contribution < -0.4 is 14.2 Å². The Morgan fingerprint density at radius 2 is 1.40 bits per heavy atom. The van der Waals surface area contributed by atoms with Crippen LogP contribution >= 0.6 is 23.5 Å². The summed E-state index contributed by atoms with van der Waals surface area (Å²) in [7, 11) is 4.76. The van der Waals surface area contributed by atoms with Crippen LogP contribution in [0.25, 0.3) is 16.8 Å². The van der Waals surface area contributed by atoms with Gasteiger partial charge in [0, 0.05) is 22.1 Å². The molecule has 0 aliphatic carbocycles. The molecule has 1 fully saturated rings. The highest BCUT2D eigenvalue weighted by Crippen LogP contribution is 2.53. The number of methoxy groups -OCH3 is 3. The molecule has 0 atom stereocenters. The van der Waals surface area contributed by atoms with E-state index in [0.29, 0.717) is 11.3 Å². The molecule has 2 aliphatic heterocycles. The smallest absolute Gasteiger partial charge is 0.338 e. The van der Waals surface area contributed by atoms with Crippen molar-refractivity contribution in [3.05, 3.63) is 107 Å². The molecule has 0 unspecified atom stereocenters. The van der Waals surface area contributed by atoms with E-state index in [1.54, 1.807) is 14.2 Å². The second kappa shape index (κ2) is 11.1. The van der Waals surface area contributed by atoms with E-state index in [0.717, 1.165) is 62.5 Å². The van der Waals surface area contributed by atoms with Gasteiger partial charge in [0.2, 0.25) is 0 Å². The number of esters is 1. The van der Waals surface area contributed by atoms with Gasteiger partial charge in [-0.15, -0.1) is 23.5 Å². The number of thioether (sulfide) groups is 2. The molecule has 7 heteroatoms. The van der Waals surface area contributed by atoms with Crippen LogP contribution in [0.3, 0.4) is 0 Å². The molecule has 0 spiro atoms. The molecule has 204 valence electrons. The predicted octanol–water partition coefficient (Wildman–Crippen LogP) is 7.86. The minimum Gasteiger partial charge on any atom is -0.497 e. The Labute approximate surface area is 242 Å². The third-order valence-corrected chi connectivity index (χ3v) is 10.4. The topological polar surface area (TPSA) is 54.0 Å². The molecular weight excluding hydrogens is 540 g/mol. The molecule has 5 nitrogen and oxygen atoms in total. The minimum atomic E-state index is -0.947. The highest BCUT2D eigenvalue weighted by atomic mass is 32.2. The summed E-state index contributed by atoms with van der Waals surface area (Å²) in [5.74, 6) is 3.97. The molecule has 4 aromatic carbocycles. The second-order valence-electron chi connectivity index (χ2n) is 9.62. The molecule has 0 saturated carbocycles. The number of benzene rings is 4. The van der Waals surface area contributed by atoms with E-state index in [-0.39, 0.29) is 10.6 Å². The van der Waals surface area contributed by atoms with E-state index in [1.807, 2.05) is 96.3 Å². The number of carbonyl (C=O) groups excluding carboxylic acids is 1. The zero-order valence-electron chi connectivity index (χ0n) is 22.6. The summed E-state index contributed by atoms with van der Waals surface area (Å²) in [4.78, 5) is 13.5. The van der Waals surface area contributed by atoms with Gasteiger partial charge in [-0.2, -0.15) is 0 Å². The number of hydrogen-bond donors (Lipinski definition) is 0. The van der Waals surface area contributed by atoms with Crippen LogP contribution in [0.1, 0.15) is 43.6 Å². The molecule has 40 heavy (non-hydrogen) atoms. The third kappa shape index (κ3) is 4.51. The number of hydrogen-bond acceptors (Lipinski definition) is 7. The summed E-state index contributed by atoms with van der Waals surface area (Å²) in [5.41, 5.74) is 3.28. The molecular formula is C33H30O5S2. The van der Waals surface area contributed by atoms with Crippen molar-refractivity contribution in [3.63, 3.8) is 0 Å². The van der Waals surface area contributed by atoms with E-state index in [9.17, 15) is 4.79 Å². The maximum atomic E-state index is 13.5. The molecule has 2 heterocycles. The molecule has 4 aromatic rings. The van der Waals surface area contributed by atoms with Gasteiger partial charge in [-0.05, 0) is 65.3 Å². The molecule has 0 N–H and O–H groups in total. The first-order valence-corrected chi connectivity index (χ1v) is 15.3. The summed E-state index contributed by atoms with van der Waals surface area (Å²) in [6, 6.07) is 24.1. The lowest BCUT2D eigenvalue weighted by molar-refractivity contribution is 0.0598. The molecule has 0 aromatic heterocycles. The summed E-state index contributed by atoms with van der Waals surface area (Å²) >= 11 is 3.78. The first-order chi connectivity index (χ1) is 19.6. The number of rotatable bonds is 6. The summed E-state index contributed by atoms with van der Waals surface area (Å²) < 4.78 is 23.5. The van der Waals surface area contributed by atoms with Gasteiger partial charge in [0.25, 0.3) is 0 Å². The molecule has 0 amide bonds.